The maximum absolute atomic E-state index is 5.66. The van der Waals surface area contributed by atoms with Crippen molar-refractivity contribution in [1.29, 1.82) is 0 Å². The minimum Gasteiger partial charge on any atom is -0.378 e. The van der Waals surface area contributed by atoms with E-state index in [2.05, 4.69) is 38.8 Å². The Bertz CT molecular complexity index is 224. The summed E-state index contributed by atoms with van der Waals surface area (Å²) in [4.78, 5) is 0. The van der Waals surface area contributed by atoms with Crippen LogP contribution >= 0.6 is 31.9 Å². The normalized spacial score (nSPS) is 30.4. The average Bonchev–Trinajstić information content (AvgIpc) is 3.12. The zero-order valence-electron chi connectivity index (χ0n) is 9.86. The maximum atomic E-state index is 5.66. The Morgan fingerprint density at radius 2 is 1.53 bits per heavy atom. The predicted octanol–water partition coefficient (Wildman–Crippen LogP) is 1.94. The molecule has 0 saturated carbocycles. The summed E-state index contributed by atoms with van der Waals surface area (Å²) in [5.41, 5.74) is -0.0935. The summed E-state index contributed by atoms with van der Waals surface area (Å²) < 4.78 is 21.7. The van der Waals surface area contributed by atoms with Crippen LogP contribution in [0.5, 0.6) is 0 Å². The molecule has 0 aromatic carbocycles. The second kappa shape index (κ2) is 6.30. The summed E-state index contributed by atoms with van der Waals surface area (Å²) in [7, 11) is 0. The third-order valence-corrected chi connectivity index (χ3v) is 5.01. The lowest BCUT2D eigenvalue weighted by Gasteiger charge is -2.30. The van der Waals surface area contributed by atoms with Gasteiger partial charge in [0.2, 0.25) is 0 Å². The van der Waals surface area contributed by atoms with Crippen molar-refractivity contribution in [2.75, 3.05) is 39.6 Å². The van der Waals surface area contributed by atoms with Crippen molar-refractivity contribution in [2.45, 2.75) is 22.9 Å². The molecule has 0 N–H and O–H groups in total. The van der Waals surface area contributed by atoms with Gasteiger partial charge in [0.1, 0.15) is 12.2 Å². The van der Waals surface area contributed by atoms with E-state index in [1.165, 1.54) is 0 Å². The number of halogens is 2. The van der Waals surface area contributed by atoms with E-state index >= 15 is 0 Å². The fourth-order valence-corrected chi connectivity index (χ4v) is 1.87. The lowest BCUT2D eigenvalue weighted by molar-refractivity contribution is -0.0100. The van der Waals surface area contributed by atoms with E-state index in [1.54, 1.807) is 0 Å². The van der Waals surface area contributed by atoms with Gasteiger partial charge in [0, 0.05) is 5.41 Å². The highest BCUT2D eigenvalue weighted by Gasteiger charge is 2.34. The van der Waals surface area contributed by atoms with E-state index in [4.69, 9.17) is 18.9 Å². The second-order valence-electron chi connectivity index (χ2n) is 4.90. The highest BCUT2D eigenvalue weighted by atomic mass is 79.9. The SMILES string of the molecule is CC(COCC1CO1)(COCC1CO1)C(Br)Br. The van der Waals surface area contributed by atoms with Crippen LogP contribution in [0.1, 0.15) is 6.92 Å². The molecule has 100 valence electrons. The van der Waals surface area contributed by atoms with Crippen LogP contribution in [-0.2, 0) is 18.9 Å². The summed E-state index contributed by atoms with van der Waals surface area (Å²) in [6, 6.07) is 0. The molecule has 2 atom stereocenters. The Labute approximate surface area is 119 Å². The van der Waals surface area contributed by atoms with Gasteiger partial charge in [-0.05, 0) is 0 Å². The lowest BCUT2D eigenvalue weighted by atomic mass is 9.96. The molecule has 2 unspecified atom stereocenters. The highest BCUT2D eigenvalue weighted by Crippen LogP contribution is 2.33. The number of ether oxygens (including phenoxy) is 4. The molecule has 0 aromatic heterocycles. The van der Waals surface area contributed by atoms with Gasteiger partial charge in [0.05, 0.1) is 43.4 Å². The predicted molar refractivity (Wildman–Crippen MR) is 70.9 cm³/mol. The van der Waals surface area contributed by atoms with Gasteiger partial charge in [0.25, 0.3) is 0 Å². The van der Waals surface area contributed by atoms with Crippen LogP contribution in [-0.4, -0.2) is 55.6 Å². The molecule has 2 aliphatic heterocycles. The van der Waals surface area contributed by atoms with Gasteiger partial charge >= 0.3 is 0 Å². The van der Waals surface area contributed by atoms with Gasteiger partial charge in [0.15, 0.2) is 0 Å². The van der Waals surface area contributed by atoms with Crippen molar-refractivity contribution in [3.8, 4) is 0 Å². The summed E-state index contributed by atoms with van der Waals surface area (Å²) in [6.45, 7) is 6.42. The number of hydrogen-bond donors (Lipinski definition) is 0. The Morgan fingerprint density at radius 3 is 1.82 bits per heavy atom. The van der Waals surface area contributed by atoms with Crippen LogP contribution < -0.4 is 0 Å². The molecule has 17 heavy (non-hydrogen) atoms. The maximum Gasteiger partial charge on any atom is 0.104 e. The summed E-state index contributed by atoms with van der Waals surface area (Å²) in [6.07, 6.45) is 0.619. The van der Waals surface area contributed by atoms with Gasteiger partial charge in [-0.25, -0.2) is 0 Å². The fourth-order valence-electron chi connectivity index (χ4n) is 1.34. The zero-order chi connectivity index (χ0) is 12.3. The average molecular weight is 374 g/mol. The van der Waals surface area contributed by atoms with Crippen molar-refractivity contribution < 1.29 is 18.9 Å². The smallest absolute Gasteiger partial charge is 0.104 e. The van der Waals surface area contributed by atoms with Gasteiger partial charge in [-0.15, -0.1) is 0 Å². The Balaban J connectivity index is 1.66. The number of hydrogen-bond acceptors (Lipinski definition) is 4. The standard InChI is InChI=1S/C11H18Br2O4/c1-11(10(12)13,6-14-2-8-4-16-8)7-15-3-9-5-17-9/h8-10H,2-7H2,1H3. The molecule has 0 aromatic rings. The van der Waals surface area contributed by atoms with Crippen molar-refractivity contribution >= 4 is 31.9 Å². The molecule has 2 heterocycles. The van der Waals surface area contributed by atoms with E-state index in [-0.39, 0.29) is 9.15 Å². The third kappa shape index (κ3) is 5.12. The van der Waals surface area contributed by atoms with E-state index in [0.29, 0.717) is 38.6 Å². The molecule has 0 spiro atoms. The van der Waals surface area contributed by atoms with Crippen LogP contribution in [0.15, 0.2) is 0 Å². The minimum atomic E-state index is -0.0935. The van der Waals surface area contributed by atoms with Crippen molar-refractivity contribution in [1.82, 2.24) is 0 Å². The van der Waals surface area contributed by atoms with Crippen molar-refractivity contribution in [3.63, 3.8) is 0 Å². The molecule has 0 aliphatic carbocycles. The highest BCUT2D eigenvalue weighted by molar-refractivity contribution is 9.24. The van der Waals surface area contributed by atoms with E-state index in [0.717, 1.165) is 13.2 Å². The van der Waals surface area contributed by atoms with E-state index in [9.17, 15) is 0 Å². The molecule has 2 fully saturated rings. The largest absolute Gasteiger partial charge is 0.378 e. The van der Waals surface area contributed by atoms with Crippen LogP contribution in [0.2, 0.25) is 0 Å². The molecule has 4 nitrogen and oxygen atoms in total. The molecule has 0 bridgehead atoms. The molecular weight excluding hydrogens is 356 g/mol. The van der Waals surface area contributed by atoms with Crippen LogP contribution in [0.25, 0.3) is 0 Å². The molecule has 0 amide bonds. The molecule has 2 saturated heterocycles. The first-order chi connectivity index (χ1) is 8.10. The summed E-state index contributed by atoms with van der Waals surface area (Å²) in [5, 5.41) is 0. The molecule has 0 radical (unpaired) electrons. The zero-order valence-corrected chi connectivity index (χ0v) is 13.0. The van der Waals surface area contributed by atoms with E-state index < -0.39 is 0 Å². The van der Waals surface area contributed by atoms with Gasteiger partial charge in [-0.2, -0.15) is 0 Å². The van der Waals surface area contributed by atoms with Crippen molar-refractivity contribution in [2.24, 2.45) is 5.41 Å². The first-order valence-electron chi connectivity index (χ1n) is 5.77. The molecule has 6 heteroatoms. The molecule has 2 rings (SSSR count). The topological polar surface area (TPSA) is 43.5 Å². The van der Waals surface area contributed by atoms with Crippen LogP contribution in [0.4, 0.5) is 0 Å². The minimum absolute atomic E-state index is 0.0935. The second-order valence-corrected chi connectivity index (χ2v) is 7.96. The first-order valence-corrected chi connectivity index (χ1v) is 7.60. The number of rotatable bonds is 9. The first kappa shape index (κ1) is 14.2. The Hall–Kier alpha value is 0.800. The van der Waals surface area contributed by atoms with Gasteiger partial charge in [-0.3, -0.25) is 0 Å². The molecule has 2 aliphatic rings. The Morgan fingerprint density at radius 1 is 1.12 bits per heavy atom. The Kier molecular flexibility index (Phi) is 5.27. The summed E-state index contributed by atoms with van der Waals surface area (Å²) in [5.74, 6) is 0. The third-order valence-electron chi connectivity index (χ3n) is 2.80. The van der Waals surface area contributed by atoms with Gasteiger partial charge in [-0.1, -0.05) is 38.8 Å². The van der Waals surface area contributed by atoms with E-state index in [1.807, 2.05) is 0 Å². The summed E-state index contributed by atoms with van der Waals surface area (Å²) >= 11 is 7.11. The fraction of sp³-hybridized carbons (Fsp3) is 1.00. The number of epoxide rings is 2. The monoisotopic (exact) mass is 372 g/mol. The molecular formula is C11H18Br2O4. The van der Waals surface area contributed by atoms with Gasteiger partial charge < -0.3 is 18.9 Å². The van der Waals surface area contributed by atoms with Crippen LogP contribution in [0.3, 0.4) is 0 Å². The lowest BCUT2D eigenvalue weighted by Crippen LogP contribution is -2.36. The van der Waals surface area contributed by atoms with Crippen molar-refractivity contribution in [3.05, 3.63) is 0 Å². The number of alkyl halides is 2. The quantitative estimate of drug-likeness (QED) is 0.457. The van der Waals surface area contributed by atoms with Crippen LogP contribution in [0, 0.1) is 5.41 Å².